The molecule has 1 aliphatic heterocycles. The minimum atomic E-state index is -0.687. The minimum Gasteiger partial charge on any atom is -0.459 e. The van der Waals surface area contributed by atoms with Gasteiger partial charge in [0.25, 0.3) is 0 Å². The van der Waals surface area contributed by atoms with Crippen molar-refractivity contribution < 1.29 is 23.9 Å². The number of alkyl carbamates (subject to hydrolysis) is 1. The highest BCUT2D eigenvalue weighted by Gasteiger charge is 2.37. The zero-order valence-electron chi connectivity index (χ0n) is 19.8. The quantitative estimate of drug-likeness (QED) is 0.358. The number of nitrogens with one attached hydrogen (secondary N) is 1. The van der Waals surface area contributed by atoms with Crippen LogP contribution in [0.15, 0.2) is 60.7 Å². The van der Waals surface area contributed by atoms with Gasteiger partial charge in [-0.15, -0.1) is 12.4 Å². The van der Waals surface area contributed by atoms with Crippen molar-refractivity contribution in [1.29, 1.82) is 0 Å². The van der Waals surface area contributed by atoms with Gasteiger partial charge in [-0.2, -0.15) is 0 Å². The first kappa shape index (κ1) is 28.1. The number of hydrogen-bond acceptors (Lipinski definition) is 6. The molecule has 1 heterocycles. The molecule has 1 fully saturated rings. The molecule has 8 nitrogen and oxygen atoms in total. The van der Waals surface area contributed by atoms with Crippen LogP contribution in [0.4, 0.5) is 4.79 Å². The Morgan fingerprint density at radius 1 is 0.943 bits per heavy atom. The van der Waals surface area contributed by atoms with E-state index in [1.54, 1.807) is 4.90 Å². The molecular formula is C26H34ClN3O5. The SMILES string of the molecule is Cl.N[C@@H](CCCCNC(=O)OCc1ccccc1)C(=O)N1CCC[C@H]1C(=O)OCc1ccccc1. The lowest BCUT2D eigenvalue weighted by Gasteiger charge is -2.26. The molecule has 1 aliphatic rings. The van der Waals surface area contributed by atoms with E-state index in [2.05, 4.69) is 5.32 Å². The van der Waals surface area contributed by atoms with Gasteiger partial charge in [0.2, 0.25) is 5.91 Å². The molecule has 0 saturated carbocycles. The lowest BCUT2D eigenvalue weighted by atomic mass is 10.1. The van der Waals surface area contributed by atoms with Crippen LogP contribution >= 0.6 is 12.4 Å². The molecule has 3 rings (SSSR count). The number of ether oxygens (including phenoxy) is 2. The average Bonchev–Trinajstić information content (AvgIpc) is 3.36. The summed E-state index contributed by atoms with van der Waals surface area (Å²) < 4.78 is 10.6. The summed E-state index contributed by atoms with van der Waals surface area (Å²) in [6.07, 6.45) is 2.67. The number of benzene rings is 2. The maximum Gasteiger partial charge on any atom is 0.407 e. The number of unbranched alkanes of at least 4 members (excludes halogenated alkanes) is 1. The second-order valence-corrected chi connectivity index (χ2v) is 8.37. The molecule has 1 saturated heterocycles. The molecule has 3 N–H and O–H groups in total. The van der Waals surface area contributed by atoms with Gasteiger partial charge < -0.3 is 25.4 Å². The highest BCUT2D eigenvalue weighted by molar-refractivity contribution is 5.88. The summed E-state index contributed by atoms with van der Waals surface area (Å²) >= 11 is 0. The Morgan fingerprint density at radius 3 is 2.17 bits per heavy atom. The smallest absolute Gasteiger partial charge is 0.407 e. The maximum atomic E-state index is 12.8. The van der Waals surface area contributed by atoms with Gasteiger partial charge in [-0.3, -0.25) is 4.79 Å². The number of halogens is 1. The van der Waals surface area contributed by atoms with Crippen LogP contribution in [-0.2, 0) is 32.3 Å². The number of carbonyl (C=O) groups excluding carboxylic acids is 3. The topological polar surface area (TPSA) is 111 Å². The van der Waals surface area contributed by atoms with Crippen LogP contribution in [0.25, 0.3) is 0 Å². The highest BCUT2D eigenvalue weighted by Crippen LogP contribution is 2.21. The minimum absolute atomic E-state index is 0. The van der Waals surface area contributed by atoms with Crippen molar-refractivity contribution >= 4 is 30.4 Å². The normalized spacial score (nSPS) is 15.6. The number of likely N-dealkylation sites (tertiary alicyclic amines) is 1. The fourth-order valence-corrected chi connectivity index (χ4v) is 3.89. The number of amides is 2. The second-order valence-electron chi connectivity index (χ2n) is 8.37. The van der Waals surface area contributed by atoms with Crippen molar-refractivity contribution in [3.05, 3.63) is 71.8 Å². The summed E-state index contributed by atoms with van der Waals surface area (Å²) in [4.78, 5) is 38.7. The third kappa shape index (κ3) is 9.22. The van der Waals surface area contributed by atoms with Crippen molar-refractivity contribution in [2.45, 2.75) is 57.4 Å². The number of nitrogens with zero attached hydrogens (tertiary/aromatic N) is 1. The van der Waals surface area contributed by atoms with Crippen LogP contribution in [0.2, 0.25) is 0 Å². The van der Waals surface area contributed by atoms with Gasteiger partial charge in [0.15, 0.2) is 0 Å². The summed E-state index contributed by atoms with van der Waals surface area (Å²) in [5, 5.41) is 2.70. The summed E-state index contributed by atoms with van der Waals surface area (Å²) in [5.74, 6) is -0.616. The summed E-state index contributed by atoms with van der Waals surface area (Å²) in [7, 11) is 0. The predicted molar refractivity (Wildman–Crippen MR) is 135 cm³/mol. The van der Waals surface area contributed by atoms with Crippen molar-refractivity contribution in [1.82, 2.24) is 10.2 Å². The third-order valence-corrected chi connectivity index (χ3v) is 5.77. The van der Waals surface area contributed by atoms with Crippen LogP contribution in [0.5, 0.6) is 0 Å². The number of rotatable bonds is 11. The summed E-state index contributed by atoms with van der Waals surface area (Å²) in [5.41, 5.74) is 7.95. The zero-order valence-corrected chi connectivity index (χ0v) is 20.6. The second kappa shape index (κ2) is 15.0. The molecule has 0 unspecified atom stereocenters. The van der Waals surface area contributed by atoms with Crippen LogP contribution in [0.3, 0.4) is 0 Å². The third-order valence-electron chi connectivity index (χ3n) is 5.77. The Hall–Kier alpha value is -3.10. The number of esters is 1. The maximum absolute atomic E-state index is 12.8. The molecule has 9 heteroatoms. The molecule has 35 heavy (non-hydrogen) atoms. The Balaban J connectivity index is 0.00000432. The van der Waals surface area contributed by atoms with Gasteiger partial charge in [-0.25, -0.2) is 9.59 Å². The van der Waals surface area contributed by atoms with E-state index >= 15 is 0 Å². The summed E-state index contributed by atoms with van der Waals surface area (Å²) in [6.45, 7) is 1.35. The Bertz CT molecular complexity index is 929. The molecule has 2 amide bonds. The molecule has 0 radical (unpaired) electrons. The predicted octanol–water partition coefficient (Wildman–Crippen LogP) is 3.57. The molecule has 2 atom stereocenters. The average molecular weight is 504 g/mol. The Morgan fingerprint density at radius 2 is 1.54 bits per heavy atom. The van der Waals surface area contributed by atoms with E-state index in [0.29, 0.717) is 38.8 Å². The summed E-state index contributed by atoms with van der Waals surface area (Å²) in [6, 6.07) is 17.6. The lowest BCUT2D eigenvalue weighted by molar-refractivity contribution is -0.154. The van der Waals surface area contributed by atoms with Gasteiger partial charge in [-0.1, -0.05) is 60.7 Å². The van der Waals surface area contributed by atoms with Gasteiger partial charge in [0.05, 0.1) is 6.04 Å². The van der Waals surface area contributed by atoms with Gasteiger partial charge in [0, 0.05) is 13.1 Å². The fraction of sp³-hybridized carbons (Fsp3) is 0.423. The molecule has 0 bridgehead atoms. The first-order chi connectivity index (χ1) is 16.5. The monoisotopic (exact) mass is 503 g/mol. The van der Waals surface area contributed by atoms with Crippen molar-refractivity contribution in [3.63, 3.8) is 0 Å². The zero-order chi connectivity index (χ0) is 24.2. The molecule has 0 aromatic heterocycles. The van der Waals surface area contributed by atoms with Crippen LogP contribution in [0, 0.1) is 0 Å². The molecule has 0 aliphatic carbocycles. The lowest BCUT2D eigenvalue weighted by Crippen LogP contribution is -2.48. The van der Waals surface area contributed by atoms with E-state index in [1.807, 2.05) is 60.7 Å². The van der Waals surface area contributed by atoms with Crippen LogP contribution in [-0.4, -0.2) is 48.0 Å². The molecule has 0 spiro atoms. The van der Waals surface area contributed by atoms with E-state index in [1.165, 1.54) is 0 Å². The first-order valence-electron chi connectivity index (χ1n) is 11.8. The van der Waals surface area contributed by atoms with E-state index in [4.69, 9.17) is 15.2 Å². The standard InChI is InChI=1S/C26H33N3O5.ClH/c27-22(14-7-8-16-28-26(32)34-19-21-12-5-2-6-13-21)24(30)29-17-9-15-23(29)25(31)33-18-20-10-3-1-4-11-20;/h1-6,10-13,22-23H,7-9,14-19,27H2,(H,28,32);1H/t22-,23-;/m0./s1. The van der Waals surface area contributed by atoms with Gasteiger partial charge in [0.1, 0.15) is 19.3 Å². The molecule has 2 aromatic rings. The molecule has 190 valence electrons. The number of hydrogen-bond donors (Lipinski definition) is 2. The van der Waals surface area contributed by atoms with Crippen molar-refractivity contribution in [2.24, 2.45) is 5.73 Å². The van der Waals surface area contributed by atoms with Gasteiger partial charge in [-0.05, 0) is 43.2 Å². The molecular weight excluding hydrogens is 470 g/mol. The van der Waals surface area contributed by atoms with Gasteiger partial charge >= 0.3 is 12.1 Å². The highest BCUT2D eigenvalue weighted by atomic mass is 35.5. The van der Waals surface area contributed by atoms with Crippen LogP contribution < -0.4 is 11.1 Å². The van der Waals surface area contributed by atoms with E-state index in [0.717, 1.165) is 17.5 Å². The Labute approximate surface area is 212 Å². The van der Waals surface area contributed by atoms with E-state index < -0.39 is 18.2 Å². The number of carbonyl (C=O) groups is 3. The first-order valence-corrected chi connectivity index (χ1v) is 11.8. The Kier molecular flexibility index (Phi) is 12.1. The largest absolute Gasteiger partial charge is 0.459 e. The number of nitrogens with two attached hydrogens (primary N) is 1. The van der Waals surface area contributed by atoms with Crippen molar-refractivity contribution in [3.8, 4) is 0 Å². The van der Waals surface area contributed by atoms with E-state index in [9.17, 15) is 14.4 Å². The van der Waals surface area contributed by atoms with E-state index in [-0.39, 0.29) is 37.5 Å². The molecule has 2 aromatic carbocycles. The fourth-order valence-electron chi connectivity index (χ4n) is 3.89. The van der Waals surface area contributed by atoms with Crippen LogP contribution in [0.1, 0.15) is 43.2 Å². The van der Waals surface area contributed by atoms with Crippen molar-refractivity contribution in [2.75, 3.05) is 13.1 Å².